The van der Waals surface area contributed by atoms with Crippen LogP contribution in [0.15, 0.2) is 36.7 Å². The molecule has 0 radical (unpaired) electrons. The molecule has 0 atom stereocenters. The van der Waals surface area contributed by atoms with Crippen LogP contribution in [-0.4, -0.2) is 28.3 Å². The number of carbonyl (C=O) groups is 2. The maximum absolute atomic E-state index is 11.9. The minimum Gasteiger partial charge on any atom is -0.484 e. The fourth-order valence-corrected chi connectivity index (χ4v) is 2.29. The summed E-state index contributed by atoms with van der Waals surface area (Å²) in [6, 6.07) is 8.65. The first-order valence-electron chi connectivity index (χ1n) is 7.93. The molecule has 6 heteroatoms. The molecule has 24 heavy (non-hydrogen) atoms. The highest BCUT2D eigenvalue weighted by Gasteiger charge is 2.25. The maximum atomic E-state index is 11.9. The standard InChI is InChI=1S/C18H19N3O3/c1-12(22)13-4-6-16(7-5-13)24-10-18(23)19-9-15-8-17(14-2-3-14)21-11-20-15/h4-8,11,14H,2-3,9-10H2,1H3,(H,19,23). The number of nitrogens with zero attached hydrogens (tertiary/aromatic N) is 2. The first kappa shape index (κ1) is 16.1. The molecule has 1 N–H and O–H groups in total. The van der Waals surface area contributed by atoms with Gasteiger partial charge >= 0.3 is 0 Å². The van der Waals surface area contributed by atoms with Crippen molar-refractivity contribution in [1.29, 1.82) is 0 Å². The predicted octanol–water partition coefficient (Wildman–Crippen LogP) is 2.25. The molecule has 1 aromatic carbocycles. The zero-order valence-electron chi connectivity index (χ0n) is 13.5. The molecule has 2 aromatic rings. The fraction of sp³-hybridized carbons (Fsp3) is 0.333. The average molecular weight is 325 g/mol. The molecule has 6 nitrogen and oxygen atoms in total. The first-order valence-corrected chi connectivity index (χ1v) is 7.93. The van der Waals surface area contributed by atoms with Crippen LogP contribution in [0.4, 0.5) is 0 Å². The smallest absolute Gasteiger partial charge is 0.258 e. The molecular formula is C18H19N3O3. The van der Waals surface area contributed by atoms with Gasteiger partial charge in [-0.3, -0.25) is 9.59 Å². The van der Waals surface area contributed by atoms with Gasteiger partial charge in [-0.1, -0.05) is 0 Å². The molecule has 0 bridgehead atoms. The lowest BCUT2D eigenvalue weighted by Crippen LogP contribution is -2.28. The monoisotopic (exact) mass is 325 g/mol. The number of carbonyl (C=O) groups excluding carboxylic acids is 2. The van der Waals surface area contributed by atoms with Crippen LogP contribution in [-0.2, 0) is 11.3 Å². The Labute approximate surface area is 140 Å². The van der Waals surface area contributed by atoms with Crippen LogP contribution in [0, 0.1) is 0 Å². The van der Waals surface area contributed by atoms with Crippen molar-refractivity contribution in [3.05, 3.63) is 53.6 Å². The zero-order chi connectivity index (χ0) is 16.9. The highest BCUT2D eigenvalue weighted by molar-refractivity contribution is 5.94. The van der Waals surface area contributed by atoms with Crippen LogP contribution in [0.5, 0.6) is 5.75 Å². The molecule has 124 valence electrons. The Hall–Kier alpha value is -2.76. The van der Waals surface area contributed by atoms with Crippen molar-refractivity contribution in [2.45, 2.75) is 32.2 Å². The van der Waals surface area contributed by atoms with Crippen molar-refractivity contribution >= 4 is 11.7 Å². The highest BCUT2D eigenvalue weighted by Crippen LogP contribution is 2.38. The molecule has 0 aliphatic heterocycles. The van der Waals surface area contributed by atoms with Crippen molar-refractivity contribution in [3.63, 3.8) is 0 Å². The van der Waals surface area contributed by atoms with Gasteiger partial charge in [-0.25, -0.2) is 9.97 Å². The minimum atomic E-state index is -0.225. The van der Waals surface area contributed by atoms with E-state index in [0.29, 0.717) is 23.8 Å². The molecule has 1 fully saturated rings. The summed E-state index contributed by atoms with van der Waals surface area (Å²) in [5.74, 6) is 0.879. The van der Waals surface area contributed by atoms with Gasteiger partial charge in [-0.05, 0) is 50.1 Å². The van der Waals surface area contributed by atoms with Crippen LogP contribution in [0.2, 0.25) is 0 Å². The third kappa shape index (κ3) is 4.38. The van der Waals surface area contributed by atoms with Gasteiger partial charge < -0.3 is 10.1 Å². The number of nitrogens with one attached hydrogen (secondary N) is 1. The highest BCUT2D eigenvalue weighted by atomic mass is 16.5. The third-order valence-corrected chi connectivity index (χ3v) is 3.84. The van der Waals surface area contributed by atoms with Gasteiger partial charge in [0.2, 0.25) is 0 Å². The van der Waals surface area contributed by atoms with E-state index in [4.69, 9.17) is 4.74 Å². The second kappa shape index (κ2) is 7.21. The normalized spacial score (nSPS) is 13.4. The third-order valence-electron chi connectivity index (χ3n) is 3.84. The van der Waals surface area contributed by atoms with E-state index in [1.807, 2.05) is 6.07 Å². The summed E-state index contributed by atoms with van der Waals surface area (Å²) in [6.45, 7) is 1.78. The van der Waals surface area contributed by atoms with Crippen LogP contribution < -0.4 is 10.1 Å². The summed E-state index contributed by atoms with van der Waals surface area (Å²) in [5.41, 5.74) is 2.46. The lowest BCUT2D eigenvalue weighted by molar-refractivity contribution is -0.123. The Morgan fingerprint density at radius 1 is 1.21 bits per heavy atom. The summed E-state index contributed by atoms with van der Waals surface area (Å²) in [5, 5.41) is 2.78. The molecule has 1 saturated carbocycles. The molecular weight excluding hydrogens is 306 g/mol. The Morgan fingerprint density at radius 2 is 1.96 bits per heavy atom. The van der Waals surface area contributed by atoms with Crippen LogP contribution in [0.25, 0.3) is 0 Å². The van der Waals surface area contributed by atoms with Gasteiger partial charge in [0, 0.05) is 17.2 Å². The maximum Gasteiger partial charge on any atom is 0.258 e. The Bertz CT molecular complexity index is 739. The Kier molecular flexibility index (Phi) is 4.84. The van der Waals surface area contributed by atoms with E-state index in [2.05, 4.69) is 15.3 Å². The lowest BCUT2D eigenvalue weighted by atomic mass is 10.1. The van der Waals surface area contributed by atoms with E-state index >= 15 is 0 Å². The van der Waals surface area contributed by atoms with Gasteiger partial charge in [0.25, 0.3) is 5.91 Å². The Balaban J connectivity index is 1.45. The van der Waals surface area contributed by atoms with Gasteiger partial charge in [0.15, 0.2) is 12.4 Å². The number of hydrogen-bond donors (Lipinski definition) is 1. The summed E-state index contributed by atoms with van der Waals surface area (Å²) >= 11 is 0. The molecule has 1 heterocycles. The summed E-state index contributed by atoms with van der Waals surface area (Å²) in [7, 11) is 0. The molecule has 0 unspecified atom stereocenters. The quantitative estimate of drug-likeness (QED) is 0.790. The molecule has 1 aliphatic carbocycles. The molecule has 0 spiro atoms. The molecule has 0 saturated heterocycles. The van der Waals surface area contributed by atoms with Crippen LogP contribution in [0.3, 0.4) is 0 Å². The van der Waals surface area contributed by atoms with Crippen molar-refractivity contribution in [2.75, 3.05) is 6.61 Å². The zero-order valence-corrected chi connectivity index (χ0v) is 13.5. The Morgan fingerprint density at radius 3 is 2.62 bits per heavy atom. The van der Waals surface area contributed by atoms with E-state index in [1.54, 1.807) is 30.6 Å². The van der Waals surface area contributed by atoms with E-state index < -0.39 is 0 Å². The summed E-state index contributed by atoms with van der Waals surface area (Å²) in [6.07, 6.45) is 3.90. The molecule has 3 rings (SSSR count). The minimum absolute atomic E-state index is 0.00490. The molecule has 1 aliphatic rings. The number of hydrogen-bond acceptors (Lipinski definition) is 5. The van der Waals surface area contributed by atoms with E-state index in [9.17, 15) is 9.59 Å². The van der Waals surface area contributed by atoms with Gasteiger partial charge in [-0.2, -0.15) is 0 Å². The van der Waals surface area contributed by atoms with Gasteiger partial charge in [0.05, 0.1) is 12.2 Å². The fourth-order valence-electron chi connectivity index (χ4n) is 2.29. The van der Waals surface area contributed by atoms with E-state index in [-0.39, 0.29) is 18.3 Å². The largest absolute Gasteiger partial charge is 0.484 e. The first-order chi connectivity index (χ1) is 11.6. The van der Waals surface area contributed by atoms with Crippen molar-refractivity contribution in [3.8, 4) is 5.75 Å². The topological polar surface area (TPSA) is 81.2 Å². The number of Topliss-reactive ketones (excluding diaryl/α,β-unsaturated/α-hetero) is 1. The predicted molar refractivity (Wildman–Crippen MR) is 87.8 cm³/mol. The number of rotatable bonds is 7. The van der Waals surface area contributed by atoms with Crippen molar-refractivity contribution < 1.29 is 14.3 Å². The summed E-state index contributed by atoms with van der Waals surface area (Å²) < 4.78 is 5.41. The van der Waals surface area contributed by atoms with Crippen molar-refractivity contribution in [2.24, 2.45) is 0 Å². The van der Waals surface area contributed by atoms with Crippen LogP contribution >= 0.6 is 0 Å². The van der Waals surface area contributed by atoms with E-state index in [0.717, 1.165) is 11.4 Å². The number of aromatic nitrogens is 2. The van der Waals surface area contributed by atoms with E-state index in [1.165, 1.54) is 19.8 Å². The SMILES string of the molecule is CC(=O)c1ccc(OCC(=O)NCc2cc(C3CC3)ncn2)cc1. The molecule has 1 amide bonds. The number of benzene rings is 1. The number of ketones is 1. The average Bonchev–Trinajstić information content (AvgIpc) is 3.44. The van der Waals surface area contributed by atoms with Gasteiger partial charge in [-0.15, -0.1) is 0 Å². The number of ether oxygens (including phenoxy) is 1. The molecule has 1 aromatic heterocycles. The van der Waals surface area contributed by atoms with Gasteiger partial charge in [0.1, 0.15) is 12.1 Å². The van der Waals surface area contributed by atoms with Crippen LogP contribution in [0.1, 0.15) is 47.4 Å². The second-order valence-electron chi connectivity index (χ2n) is 5.85. The lowest BCUT2D eigenvalue weighted by Gasteiger charge is -2.08. The second-order valence-corrected chi connectivity index (χ2v) is 5.85. The summed E-state index contributed by atoms with van der Waals surface area (Å²) in [4.78, 5) is 31.5. The number of amides is 1. The van der Waals surface area contributed by atoms with Crippen molar-refractivity contribution in [1.82, 2.24) is 15.3 Å².